The first kappa shape index (κ1) is 15.7. The molecule has 1 saturated heterocycles. The van der Waals surface area contributed by atoms with Crippen molar-refractivity contribution in [3.63, 3.8) is 0 Å². The summed E-state index contributed by atoms with van der Waals surface area (Å²) in [5.74, 6) is 1.06. The van der Waals surface area contributed by atoms with Gasteiger partial charge in [-0.2, -0.15) is 0 Å². The molecule has 4 rings (SSSR count). The molecule has 3 heterocycles. The lowest BCUT2D eigenvalue weighted by Gasteiger charge is -2.24. The number of rotatable bonds is 3. The zero-order valence-corrected chi connectivity index (χ0v) is 15.1. The van der Waals surface area contributed by atoms with Crippen LogP contribution in [0.5, 0.6) is 0 Å². The lowest BCUT2D eigenvalue weighted by molar-refractivity contribution is 0.0123. The summed E-state index contributed by atoms with van der Waals surface area (Å²) in [4.78, 5) is 24.5. The number of carbonyl (C=O) groups excluding carboxylic acids is 1. The molecule has 0 radical (unpaired) electrons. The van der Waals surface area contributed by atoms with Crippen molar-refractivity contribution in [1.29, 1.82) is 0 Å². The fraction of sp³-hybridized carbons (Fsp3) is 0.722. The third-order valence-corrected chi connectivity index (χ3v) is 6.07. The van der Waals surface area contributed by atoms with E-state index in [1.54, 1.807) is 6.33 Å². The molecule has 1 aromatic rings. The summed E-state index contributed by atoms with van der Waals surface area (Å²) in [5.41, 5.74) is 1.66. The number of carbonyl (C=O) groups is 1. The molecule has 1 saturated carbocycles. The average Bonchev–Trinajstić information content (AvgIpc) is 3.04. The summed E-state index contributed by atoms with van der Waals surface area (Å²) in [7, 11) is 0. The molecule has 6 heteroatoms. The number of nitrogens with zero attached hydrogens (tertiary/aromatic N) is 4. The molecule has 130 valence electrons. The van der Waals surface area contributed by atoms with Crippen molar-refractivity contribution in [3.8, 4) is 0 Å². The second-order valence-electron chi connectivity index (χ2n) is 8.57. The standard InChI is InChI=1S/C18H26N4O2/c1-11(2)22-9-14(19-10-22)16(23)21-7-12-13(8-21)18(12,5)15-6-17(3,4)24-20-15/h9-13H,6-8H2,1-5H3. The fourth-order valence-electron chi connectivity index (χ4n) is 4.30. The predicted molar refractivity (Wildman–Crippen MR) is 90.8 cm³/mol. The summed E-state index contributed by atoms with van der Waals surface area (Å²) in [6.07, 6.45) is 4.49. The van der Waals surface area contributed by atoms with Crippen molar-refractivity contribution in [2.75, 3.05) is 13.1 Å². The third-order valence-electron chi connectivity index (χ3n) is 6.07. The average molecular weight is 330 g/mol. The molecule has 1 aromatic heterocycles. The summed E-state index contributed by atoms with van der Waals surface area (Å²) in [6.45, 7) is 12.2. The lowest BCUT2D eigenvalue weighted by atomic mass is 9.88. The molecule has 0 aromatic carbocycles. The first-order valence-electron chi connectivity index (χ1n) is 8.80. The maximum atomic E-state index is 12.7. The highest BCUT2D eigenvalue weighted by Gasteiger charge is 2.69. The highest BCUT2D eigenvalue weighted by Crippen LogP contribution is 2.64. The number of likely N-dealkylation sites (tertiary alicyclic amines) is 1. The van der Waals surface area contributed by atoms with E-state index in [0.717, 1.165) is 19.5 Å². The quantitative estimate of drug-likeness (QED) is 0.856. The minimum absolute atomic E-state index is 0.0499. The molecule has 0 N–H and O–H groups in total. The van der Waals surface area contributed by atoms with Crippen molar-refractivity contribution >= 4 is 11.6 Å². The van der Waals surface area contributed by atoms with Gasteiger partial charge in [0.2, 0.25) is 0 Å². The van der Waals surface area contributed by atoms with Crippen LogP contribution in [0.4, 0.5) is 0 Å². The monoisotopic (exact) mass is 330 g/mol. The number of hydrogen-bond acceptors (Lipinski definition) is 4. The van der Waals surface area contributed by atoms with Crippen molar-refractivity contribution in [2.45, 2.75) is 52.7 Å². The van der Waals surface area contributed by atoms with E-state index in [9.17, 15) is 4.79 Å². The Labute approximate surface area is 142 Å². The molecule has 1 amide bonds. The highest BCUT2D eigenvalue weighted by molar-refractivity contribution is 5.96. The van der Waals surface area contributed by atoms with Crippen molar-refractivity contribution < 1.29 is 9.63 Å². The van der Waals surface area contributed by atoms with Gasteiger partial charge in [-0.3, -0.25) is 4.79 Å². The largest absolute Gasteiger partial charge is 0.389 e. The van der Waals surface area contributed by atoms with Gasteiger partial charge in [-0.1, -0.05) is 12.1 Å². The first-order valence-corrected chi connectivity index (χ1v) is 8.80. The van der Waals surface area contributed by atoms with E-state index in [1.165, 1.54) is 5.71 Å². The second kappa shape index (κ2) is 4.83. The summed E-state index contributed by atoms with van der Waals surface area (Å²) < 4.78 is 1.97. The molecule has 2 fully saturated rings. The van der Waals surface area contributed by atoms with Gasteiger partial charge in [-0.05, 0) is 39.5 Å². The third kappa shape index (κ3) is 2.19. The van der Waals surface area contributed by atoms with Crippen LogP contribution in [-0.4, -0.2) is 44.8 Å². The molecule has 3 aliphatic rings. The molecular formula is C18H26N4O2. The molecule has 2 unspecified atom stereocenters. The molecular weight excluding hydrogens is 304 g/mol. The summed E-state index contributed by atoms with van der Waals surface area (Å²) in [6, 6.07) is 0.318. The Kier molecular flexibility index (Phi) is 3.15. The molecule has 0 bridgehead atoms. The van der Waals surface area contributed by atoms with Crippen molar-refractivity contribution in [1.82, 2.24) is 14.5 Å². The normalized spacial score (nSPS) is 33.4. The van der Waals surface area contributed by atoms with Crippen molar-refractivity contribution in [3.05, 3.63) is 18.2 Å². The predicted octanol–water partition coefficient (Wildman–Crippen LogP) is 2.73. The smallest absolute Gasteiger partial charge is 0.274 e. The molecule has 6 nitrogen and oxygen atoms in total. The van der Waals surface area contributed by atoms with Gasteiger partial charge in [0, 0.05) is 37.2 Å². The van der Waals surface area contributed by atoms with Gasteiger partial charge in [0.05, 0.1) is 12.0 Å². The summed E-state index contributed by atoms with van der Waals surface area (Å²) >= 11 is 0. The molecule has 2 aliphatic heterocycles. The minimum Gasteiger partial charge on any atom is -0.389 e. The Morgan fingerprint density at radius 3 is 2.46 bits per heavy atom. The van der Waals surface area contributed by atoms with Gasteiger partial charge in [0.15, 0.2) is 0 Å². The number of amides is 1. The van der Waals surface area contributed by atoms with Crippen molar-refractivity contribution in [2.24, 2.45) is 22.4 Å². The zero-order chi connectivity index (χ0) is 17.3. The van der Waals surface area contributed by atoms with Crippen LogP contribution in [0.15, 0.2) is 17.7 Å². The maximum Gasteiger partial charge on any atom is 0.274 e. The molecule has 2 atom stereocenters. The van der Waals surface area contributed by atoms with Crippen LogP contribution >= 0.6 is 0 Å². The van der Waals surface area contributed by atoms with E-state index >= 15 is 0 Å². The Hall–Kier alpha value is -1.85. The maximum absolute atomic E-state index is 12.7. The second-order valence-corrected chi connectivity index (χ2v) is 8.57. The van der Waals surface area contributed by atoms with Gasteiger partial charge in [-0.15, -0.1) is 0 Å². The van der Waals surface area contributed by atoms with Gasteiger partial charge >= 0.3 is 0 Å². The van der Waals surface area contributed by atoms with Gasteiger partial charge in [0.1, 0.15) is 11.3 Å². The number of fused-ring (bicyclic) bond motifs is 1. The SMILES string of the molecule is CC(C)n1cnc(C(=O)N2CC3C(C2)C3(C)C2=NOC(C)(C)C2)c1. The Bertz CT molecular complexity index is 706. The Morgan fingerprint density at radius 2 is 1.96 bits per heavy atom. The van der Waals surface area contributed by atoms with Crippen LogP contribution in [-0.2, 0) is 4.84 Å². The van der Waals surface area contributed by atoms with Crippen LogP contribution in [0.3, 0.4) is 0 Å². The summed E-state index contributed by atoms with van der Waals surface area (Å²) in [5, 5.41) is 4.35. The highest BCUT2D eigenvalue weighted by atomic mass is 16.7. The van der Waals surface area contributed by atoms with Gasteiger partial charge in [-0.25, -0.2) is 4.98 Å². The van der Waals surface area contributed by atoms with Crippen LogP contribution in [0.25, 0.3) is 0 Å². The first-order chi connectivity index (χ1) is 11.2. The Balaban J connectivity index is 1.42. The minimum atomic E-state index is -0.186. The Morgan fingerprint density at radius 1 is 1.29 bits per heavy atom. The van der Waals surface area contributed by atoms with Gasteiger partial charge in [0.25, 0.3) is 5.91 Å². The van der Waals surface area contributed by atoms with Gasteiger partial charge < -0.3 is 14.3 Å². The molecule has 0 spiro atoms. The molecule has 24 heavy (non-hydrogen) atoms. The van der Waals surface area contributed by atoms with Crippen LogP contribution in [0, 0.1) is 17.3 Å². The van der Waals surface area contributed by atoms with E-state index < -0.39 is 0 Å². The number of imidazole rings is 1. The van der Waals surface area contributed by atoms with E-state index in [0.29, 0.717) is 23.6 Å². The van der Waals surface area contributed by atoms with E-state index in [-0.39, 0.29) is 16.9 Å². The number of oxime groups is 1. The number of aromatic nitrogens is 2. The van der Waals surface area contributed by atoms with Crippen LogP contribution in [0.2, 0.25) is 0 Å². The van der Waals surface area contributed by atoms with Crippen LogP contribution in [0.1, 0.15) is 57.6 Å². The topological polar surface area (TPSA) is 59.7 Å². The lowest BCUT2D eigenvalue weighted by Crippen LogP contribution is -2.36. The van der Waals surface area contributed by atoms with E-state index in [1.807, 2.05) is 15.7 Å². The molecule has 1 aliphatic carbocycles. The van der Waals surface area contributed by atoms with E-state index in [4.69, 9.17) is 4.84 Å². The number of hydrogen-bond donors (Lipinski definition) is 0. The fourth-order valence-corrected chi connectivity index (χ4v) is 4.30. The van der Waals surface area contributed by atoms with Crippen LogP contribution < -0.4 is 0 Å². The zero-order valence-electron chi connectivity index (χ0n) is 15.1. The van der Waals surface area contributed by atoms with E-state index in [2.05, 4.69) is 44.8 Å². The number of piperidine rings is 1.